The van der Waals surface area contributed by atoms with Crippen LogP contribution < -0.4 is 5.32 Å². The second-order valence-electron chi connectivity index (χ2n) is 5.43. The summed E-state index contributed by atoms with van der Waals surface area (Å²) in [7, 11) is 0. The summed E-state index contributed by atoms with van der Waals surface area (Å²) in [6.45, 7) is 6.00. The number of rotatable bonds is 2. The van der Waals surface area contributed by atoms with Crippen LogP contribution in [0.4, 0.5) is 0 Å². The Bertz CT molecular complexity index is 377. The number of nitrogens with zero attached hydrogens (tertiary/aromatic N) is 1. The summed E-state index contributed by atoms with van der Waals surface area (Å²) in [5.74, 6) is 2.42. The molecule has 0 spiro atoms. The monoisotopic (exact) mass is 236 g/mol. The first-order chi connectivity index (χ1) is 8.28. The van der Waals surface area contributed by atoms with Crippen LogP contribution in [0.15, 0.2) is 10.6 Å². The highest BCUT2D eigenvalue weighted by Gasteiger charge is 2.34. The molecule has 1 aromatic heterocycles. The van der Waals surface area contributed by atoms with Crippen molar-refractivity contribution in [3.05, 3.63) is 17.8 Å². The van der Waals surface area contributed by atoms with E-state index < -0.39 is 0 Å². The fraction of sp³-hybridized carbons (Fsp3) is 0.769. The van der Waals surface area contributed by atoms with Gasteiger partial charge >= 0.3 is 0 Å². The van der Waals surface area contributed by atoms with Gasteiger partial charge in [0.1, 0.15) is 5.76 Å². The first-order valence-corrected chi connectivity index (χ1v) is 6.53. The van der Waals surface area contributed by atoms with Gasteiger partial charge in [-0.15, -0.1) is 0 Å². The maximum atomic E-state index is 6.00. The Morgan fingerprint density at radius 2 is 2.24 bits per heavy atom. The van der Waals surface area contributed by atoms with Gasteiger partial charge in [-0.05, 0) is 25.8 Å². The van der Waals surface area contributed by atoms with Gasteiger partial charge in [0.05, 0.1) is 6.20 Å². The molecule has 0 aliphatic carbocycles. The van der Waals surface area contributed by atoms with Crippen molar-refractivity contribution in [2.24, 2.45) is 0 Å². The van der Waals surface area contributed by atoms with Crippen LogP contribution in [0.2, 0.25) is 0 Å². The Kier molecular flexibility index (Phi) is 2.92. The molecular formula is C13H20N2O2. The van der Waals surface area contributed by atoms with Gasteiger partial charge in [0.2, 0.25) is 0 Å². The number of ether oxygens (including phenoxy) is 1. The minimum absolute atomic E-state index is 0.121. The van der Waals surface area contributed by atoms with Crippen LogP contribution in [0.3, 0.4) is 0 Å². The standard InChI is InChI=1S/C13H20N2O2/c1-13(3-6-16-7-4-13)11-9-15-12(17-11)10-2-5-14-8-10/h9-10,14H,2-8H2,1H3. The summed E-state index contributed by atoms with van der Waals surface area (Å²) in [6, 6.07) is 0. The zero-order valence-electron chi connectivity index (χ0n) is 10.4. The Morgan fingerprint density at radius 3 is 2.94 bits per heavy atom. The van der Waals surface area contributed by atoms with E-state index in [-0.39, 0.29) is 5.41 Å². The topological polar surface area (TPSA) is 47.3 Å². The minimum Gasteiger partial charge on any atom is -0.445 e. The molecule has 2 aliphatic rings. The SMILES string of the molecule is CC1(c2cnc(C3CCNC3)o2)CCOCC1. The smallest absolute Gasteiger partial charge is 0.198 e. The van der Waals surface area contributed by atoms with Crippen molar-refractivity contribution < 1.29 is 9.15 Å². The van der Waals surface area contributed by atoms with Crippen molar-refractivity contribution in [1.29, 1.82) is 0 Å². The quantitative estimate of drug-likeness (QED) is 0.851. The molecule has 3 rings (SSSR count). The maximum Gasteiger partial charge on any atom is 0.198 e. The molecule has 2 aliphatic heterocycles. The lowest BCUT2D eigenvalue weighted by Crippen LogP contribution is -2.30. The highest BCUT2D eigenvalue weighted by atomic mass is 16.5. The van der Waals surface area contributed by atoms with Gasteiger partial charge in [0.15, 0.2) is 5.89 Å². The first kappa shape index (κ1) is 11.2. The van der Waals surface area contributed by atoms with E-state index in [0.717, 1.165) is 57.2 Å². The molecule has 1 N–H and O–H groups in total. The summed E-state index contributed by atoms with van der Waals surface area (Å²) >= 11 is 0. The van der Waals surface area contributed by atoms with E-state index in [0.29, 0.717) is 5.92 Å². The zero-order chi connectivity index (χ0) is 11.7. The van der Waals surface area contributed by atoms with E-state index in [1.807, 2.05) is 6.20 Å². The van der Waals surface area contributed by atoms with Crippen LogP contribution in [0.1, 0.15) is 43.8 Å². The normalized spacial score (nSPS) is 28.4. The highest BCUT2D eigenvalue weighted by molar-refractivity contribution is 5.12. The highest BCUT2D eigenvalue weighted by Crippen LogP contribution is 2.36. The van der Waals surface area contributed by atoms with Gasteiger partial charge in [-0.2, -0.15) is 0 Å². The fourth-order valence-electron chi connectivity index (χ4n) is 2.69. The molecule has 0 saturated carbocycles. The Balaban J connectivity index is 1.78. The summed E-state index contributed by atoms with van der Waals surface area (Å²) < 4.78 is 11.4. The molecule has 0 aromatic carbocycles. The molecule has 1 unspecified atom stereocenters. The van der Waals surface area contributed by atoms with Crippen molar-refractivity contribution in [3.8, 4) is 0 Å². The van der Waals surface area contributed by atoms with E-state index in [1.165, 1.54) is 0 Å². The molecule has 1 aromatic rings. The van der Waals surface area contributed by atoms with Crippen LogP contribution in [-0.2, 0) is 10.2 Å². The average molecular weight is 236 g/mol. The first-order valence-electron chi connectivity index (χ1n) is 6.53. The molecule has 2 fully saturated rings. The number of nitrogens with one attached hydrogen (secondary N) is 1. The third-order valence-corrected chi connectivity index (χ3v) is 4.12. The van der Waals surface area contributed by atoms with Crippen LogP contribution in [-0.4, -0.2) is 31.3 Å². The van der Waals surface area contributed by atoms with E-state index in [9.17, 15) is 0 Å². The van der Waals surface area contributed by atoms with Crippen molar-refractivity contribution in [2.45, 2.75) is 37.5 Å². The molecule has 1 atom stereocenters. The molecule has 0 radical (unpaired) electrons. The van der Waals surface area contributed by atoms with Gasteiger partial charge in [0, 0.05) is 31.1 Å². The van der Waals surface area contributed by atoms with Gasteiger partial charge in [-0.25, -0.2) is 4.98 Å². The zero-order valence-corrected chi connectivity index (χ0v) is 10.4. The van der Waals surface area contributed by atoms with E-state index >= 15 is 0 Å². The van der Waals surface area contributed by atoms with Gasteiger partial charge in [-0.1, -0.05) is 6.92 Å². The number of aromatic nitrogens is 1. The lowest BCUT2D eigenvalue weighted by atomic mass is 9.80. The number of oxazole rings is 1. The molecule has 2 saturated heterocycles. The lowest BCUT2D eigenvalue weighted by molar-refractivity contribution is 0.0484. The second-order valence-corrected chi connectivity index (χ2v) is 5.43. The predicted octanol–water partition coefficient (Wildman–Crippen LogP) is 1.82. The number of hydrogen-bond acceptors (Lipinski definition) is 4. The molecule has 3 heterocycles. The van der Waals surface area contributed by atoms with Gasteiger partial charge in [0.25, 0.3) is 0 Å². The molecule has 94 valence electrons. The largest absolute Gasteiger partial charge is 0.445 e. The Morgan fingerprint density at radius 1 is 1.41 bits per heavy atom. The van der Waals surface area contributed by atoms with Crippen LogP contribution in [0, 0.1) is 0 Å². The van der Waals surface area contributed by atoms with Crippen molar-refractivity contribution in [1.82, 2.24) is 10.3 Å². The second kappa shape index (κ2) is 4.42. The summed E-state index contributed by atoms with van der Waals surface area (Å²) in [4.78, 5) is 4.47. The van der Waals surface area contributed by atoms with Gasteiger partial charge in [-0.3, -0.25) is 0 Å². The lowest BCUT2D eigenvalue weighted by Gasteiger charge is -2.31. The number of hydrogen-bond donors (Lipinski definition) is 1. The van der Waals surface area contributed by atoms with Crippen LogP contribution in [0.5, 0.6) is 0 Å². The summed E-state index contributed by atoms with van der Waals surface area (Å²) in [6.07, 6.45) is 5.13. The van der Waals surface area contributed by atoms with Crippen molar-refractivity contribution in [2.75, 3.05) is 26.3 Å². The van der Waals surface area contributed by atoms with Crippen molar-refractivity contribution in [3.63, 3.8) is 0 Å². The summed E-state index contributed by atoms with van der Waals surface area (Å²) in [5.41, 5.74) is 0.121. The molecule has 17 heavy (non-hydrogen) atoms. The van der Waals surface area contributed by atoms with Crippen LogP contribution >= 0.6 is 0 Å². The van der Waals surface area contributed by atoms with E-state index in [2.05, 4.69) is 17.2 Å². The van der Waals surface area contributed by atoms with Crippen LogP contribution in [0.25, 0.3) is 0 Å². The van der Waals surface area contributed by atoms with Gasteiger partial charge < -0.3 is 14.5 Å². The van der Waals surface area contributed by atoms with Crippen molar-refractivity contribution >= 4 is 0 Å². The van der Waals surface area contributed by atoms with E-state index in [1.54, 1.807) is 0 Å². The predicted molar refractivity (Wildman–Crippen MR) is 64.1 cm³/mol. The molecule has 4 heteroatoms. The molecular weight excluding hydrogens is 216 g/mol. The third kappa shape index (κ3) is 2.11. The molecule has 0 bridgehead atoms. The maximum absolute atomic E-state index is 6.00. The minimum atomic E-state index is 0.121. The Hall–Kier alpha value is -0.870. The molecule has 0 amide bonds. The third-order valence-electron chi connectivity index (χ3n) is 4.12. The fourth-order valence-corrected chi connectivity index (χ4v) is 2.69. The average Bonchev–Trinajstić information content (AvgIpc) is 3.01. The summed E-state index contributed by atoms with van der Waals surface area (Å²) in [5, 5.41) is 3.35. The molecule has 4 nitrogen and oxygen atoms in total. The Labute approximate surface area is 102 Å². The van der Waals surface area contributed by atoms with E-state index in [4.69, 9.17) is 9.15 Å².